The van der Waals surface area contributed by atoms with Crippen LogP contribution in [0.4, 0.5) is 5.82 Å². The van der Waals surface area contributed by atoms with Gasteiger partial charge in [-0.25, -0.2) is 4.98 Å². The van der Waals surface area contributed by atoms with Gasteiger partial charge in [0.2, 0.25) is 0 Å². The molecule has 0 amide bonds. The number of rotatable bonds is 6. The Kier molecular flexibility index (Phi) is 4.96. The van der Waals surface area contributed by atoms with E-state index in [-0.39, 0.29) is 0 Å². The molecule has 0 saturated heterocycles. The molecule has 4 nitrogen and oxygen atoms in total. The Hall–Kier alpha value is -2.07. The maximum atomic E-state index is 5.65. The molecule has 106 valence electrons. The minimum Gasteiger partial charge on any atom is -0.497 e. The molecule has 0 atom stereocenters. The third kappa shape index (κ3) is 3.48. The summed E-state index contributed by atoms with van der Waals surface area (Å²) in [5, 5.41) is 0. The van der Waals surface area contributed by atoms with Gasteiger partial charge in [0.05, 0.1) is 7.11 Å². The number of methoxy groups -OCH3 is 1. The van der Waals surface area contributed by atoms with Crippen molar-refractivity contribution in [3.8, 4) is 5.75 Å². The number of hydrogen-bond acceptors (Lipinski definition) is 4. The zero-order valence-corrected chi connectivity index (χ0v) is 12.0. The number of ether oxygens (including phenoxy) is 1. The Morgan fingerprint density at radius 1 is 1.20 bits per heavy atom. The van der Waals surface area contributed by atoms with Crippen LogP contribution in [-0.2, 0) is 13.0 Å². The molecule has 20 heavy (non-hydrogen) atoms. The molecule has 0 aliphatic carbocycles. The molecule has 0 spiro atoms. The molecule has 1 aromatic carbocycles. The van der Waals surface area contributed by atoms with Crippen molar-refractivity contribution in [1.29, 1.82) is 0 Å². The first-order valence-corrected chi connectivity index (χ1v) is 6.72. The number of pyridine rings is 1. The molecule has 0 fully saturated rings. The van der Waals surface area contributed by atoms with Crippen molar-refractivity contribution in [3.63, 3.8) is 0 Å². The monoisotopic (exact) mass is 271 g/mol. The highest BCUT2D eigenvalue weighted by atomic mass is 16.5. The number of nitrogens with zero attached hydrogens (tertiary/aromatic N) is 2. The van der Waals surface area contributed by atoms with Gasteiger partial charge in [0, 0.05) is 19.8 Å². The predicted octanol–water partition coefficient (Wildman–Crippen LogP) is 2.23. The van der Waals surface area contributed by atoms with Gasteiger partial charge in [0.1, 0.15) is 11.6 Å². The van der Waals surface area contributed by atoms with Crippen LogP contribution in [0.2, 0.25) is 0 Å². The highest BCUT2D eigenvalue weighted by Crippen LogP contribution is 2.19. The summed E-state index contributed by atoms with van der Waals surface area (Å²) in [6.07, 6.45) is 2.66. The summed E-state index contributed by atoms with van der Waals surface area (Å²) in [5.74, 6) is 1.87. The Balaban J connectivity index is 2.12. The highest BCUT2D eigenvalue weighted by Gasteiger charge is 2.08. The molecule has 0 aliphatic rings. The largest absolute Gasteiger partial charge is 0.497 e. The number of nitrogens with two attached hydrogens (primary N) is 1. The van der Waals surface area contributed by atoms with Crippen molar-refractivity contribution in [2.75, 3.05) is 25.6 Å². The lowest BCUT2D eigenvalue weighted by atomic mass is 10.1. The Morgan fingerprint density at radius 2 is 1.95 bits per heavy atom. The van der Waals surface area contributed by atoms with Gasteiger partial charge in [-0.3, -0.25) is 0 Å². The van der Waals surface area contributed by atoms with Crippen LogP contribution in [0.15, 0.2) is 42.6 Å². The smallest absolute Gasteiger partial charge is 0.131 e. The number of benzene rings is 1. The van der Waals surface area contributed by atoms with Crippen LogP contribution in [0.5, 0.6) is 5.75 Å². The van der Waals surface area contributed by atoms with E-state index in [1.54, 1.807) is 7.11 Å². The van der Waals surface area contributed by atoms with E-state index in [9.17, 15) is 0 Å². The van der Waals surface area contributed by atoms with Crippen LogP contribution in [0.25, 0.3) is 0 Å². The van der Waals surface area contributed by atoms with Crippen molar-refractivity contribution < 1.29 is 4.74 Å². The highest BCUT2D eigenvalue weighted by molar-refractivity contribution is 5.47. The van der Waals surface area contributed by atoms with Crippen LogP contribution in [-0.4, -0.2) is 25.7 Å². The summed E-state index contributed by atoms with van der Waals surface area (Å²) in [6.45, 7) is 1.44. The van der Waals surface area contributed by atoms with Crippen molar-refractivity contribution >= 4 is 5.82 Å². The van der Waals surface area contributed by atoms with Gasteiger partial charge in [0.15, 0.2) is 0 Å². The van der Waals surface area contributed by atoms with Gasteiger partial charge in [0.25, 0.3) is 0 Å². The van der Waals surface area contributed by atoms with Crippen molar-refractivity contribution in [3.05, 3.63) is 53.7 Å². The van der Waals surface area contributed by atoms with Crippen molar-refractivity contribution in [2.45, 2.75) is 13.0 Å². The molecule has 0 unspecified atom stereocenters. The number of hydrogen-bond donors (Lipinski definition) is 1. The molecule has 0 saturated carbocycles. The molecule has 0 bridgehead atoms. The normalized spacial score (nSPS) is 10.3. The topological polar surface area (TPSA) is 51.4 Å². The minimum absolute atomic E-state index is 0.634. The van der Waals surface area contributed by atoms with E-state index >= 15 is 0 Å². The zero-order valence-electron chi connectivity index (χ0n) is 12.0. The molecule has 1 heterocycles. The minimum atomic E-state index is 0.634. The fourth-order valence-electron chi connectivity index (χ4n) is 2.20. The molecular formula is C16H21N3O. The third-order valence-corrected chi connectivity index (χ3v) is 3.22. The first-order valence-electron chi connectivity index (χ1n) is 6.72. The fourth-order valence-corrected chi connectivity index (χ4v) is 2.20. The van der Waals surface area contributed by atoms with Crippen molar-refractivity contribution in [1.82, 2.24) is 4.98 Å². The van der Waals surface area contributed by atoms with Crippen LogP contribution in [0.1, 0.15) is 11.1 Å². The van der Waals surface area contributed by atoms with Crippen LogP contribution in [0.3, 0.4) is 0 Å². The summed E-state index contributed by atoms with van der Waals surface area (Å²) in [7, 11) is 3.72. The van der Waals surface area contributed by atoms with E-state index in [2.05, 4.69) is 28.1 Å². The van der Waals surface area contributed by atoms with Gasteiger partial charge in [-0.15, -0.1) is 0 Å². The molecule has 4 heteroatoms. The Labute approximate surface area is 120 Å². The first-order chi connectivity index (χ1) is 9.74. The second-order valence-corrected chi connectivity index (χ2v) is 4.73. The van der Waals surface area contributed by atoms with Crippen molar-refractivity contribution in [2.24, 2.45) is 5.73 Å². The maximum Gasteiger partial charge on any atom is 0.131 e. The van der Waals surface area contributed by atoms with Gasteiger partial charge in [-0.05, 0) is 42.3 Å². The molecule has 2 aromatic rings. The van der Waals surface area contributed by atoms with Crippen LogP contribution < -0.4 is 15.4 Å². The predicted molar refractivity (Wildman–Crippen MR) is 82.1 cm³/mol. The molecule has 2 rings (SSSR count). The second kappa shape index (κ2) is 6.91. The summed E-state index contributed by atoms with van der Waals surface area (Å²) < 4.78 is 5.17. The van der Waals surface area contributed by atoms with E-state index in [0.717, 1.165) is 24.5 Å². The quantitative estimate of drug-likeness (QED) is 0.875. The molecular weight excluding hydrogens is 250 g/mol. The maximum absolute atomic E-state index is 5.65. The lowest BCUT2D eigenvalue weighted by Gasteiger charge is -2.21. The average Bonchev–Trinajstić information content (AvgIpc) is 2.49. The van der Waals surface area contributed by atoms with E-state index in [1.807, 2.05) is 31.4 Å². The zero-order chi connectivity index (χ0) is 14.4. The van der Waals surface area contributed by atoms with Gasteiger partial charge in [-0.2, -0.15) is 0 Å². The van der Waals surface area contributed by atoms with Gasteiger partial charge < -0.3 is 15.4 Å². The molecule has 2 N–H and O–H groups in total. The van der Waals surface area contributed by atoms with E-state index < -0.39 is 0 Å². The summed E-state index contributed by atoms with van der Waals surface area (Å²) in [5.41, 5.74) is 8.06. The SMILES string of the molecule is COc1ccc(CN(C)c2ncccc2CCN)cc1. The van der Waals surface area contributed by atoms with E-state index in [0.29, 0.717) is 6.54 Å². The average molecular weight is 271 g/mol. The second-order valence-electron chi connectivity index (χ2n) is 4.73. The summed E-state index contributed by atoms with van der Waals surface area (Å²) in [4.78, 5) is 6.62. The number of aromatic nitrogens is 1. The Morgan fingerprint density at radius 3 is 2.60 bits per heavy atom. The van der Waals surface area contributed by atoms with Crippen LogP contribution >= 0.6 is 0 Å². The van der Waals surface area contributed by atoms with E-state index in [1.165, 1.54) is 11.1 Å². The number of anilines is 1. The fraction of sp³-hybridized carbons (Fsp3) is 0.312. The first kappa shape index (κ1) is 14.3. The lowest BCUT2D eigenvalue weighted by Crippen LogP contribution is -2.20. The van der Waals surface area contributed by atoms with Gasteiger partial charge in [-0.1, -0.05) is 18.2 Å². The standard InChI is InChI=1S/C16H21N3O/c1-19(12-13-5-7-15(20-2)8-6-13)16-14(9-10-17)4-3-11-18-16/h3-8,11H,9-10,12,17H2,1-2H3. The van der Waals surface area contributed by atoms with E-state index in [4.69, 9.17) is 10.5 Å². The third-order valence-electron chi connectivity index (χ3n) is 3.22. The van der Waals surface area contributed by atoms with Gasteiger partial charge >= 0.3 is 0 Å². The lowest BCUT2D eigenvalue weighted by molar-refractivity contribution is 0.414. The Bertz CT molecular complexity index is 540. The van der Waals surface area contributed by atoms with Crippen LogP contribution in [0, 0.1) is 0 Å². The molecule has 0 radical (unpaired) electrons. The molecule has 1 aromatic heterocycles. The molecule has 0 aliphatic heterocycles. The summed E-state index contributed by atoms with van der Waals surface area (Å²) in [6, 6.07) is 12.1. The summed E-state index contributed by atoms with van der Waals surface area (Å²) >= 11 is 0.